The van der Waals surface area contributed by atoms with Crippen molar-refractivity contribution in [1.82, 2.24) is 10.6 Å². The smallest absolute Gasteiger partial charge is 0.191 e. The van der Waals surface area contributed by atoms with E-state index < -0.39 is 0 Å². The number of hydrogen-bond acceptors (Lipinski definition) is 4. The number of rotatable bonds is 7. The van der Waals surface area contributed by atoms with Gasteiger partial charge in [-0.1, -0.05) is 0 Å². The van der Waals surface area contributed by atoms with Crippen molar-refractivity contribution in [2.75, 3.05) is 20.7 Å². The summed E-state index contributed by atoms with van der Waals surface area (Å²) in [4.78, 5) is 6.84. The summed E-state index contributed by atoms with van der Waals surface area (Å²) in [7, 11) is 3.42. The highest BCUT2D eigenvalue weighted by atomic mass is 32.1. The molecule has 0 radical (unpaired) electrons. The van der Waals surface area contributed by atoms with Crippen LogP contribution in [0.15, 0.2) is 41.4 Å². The summed E-state index contributed by atoms with van der Waals surface area (Å²) in [6.45, 7) is 5.56. The van der Waals surface area contributed by atoms with E-state index in [1.165, 1.54) is 9.75 Å². The van der Waals surface area contributed by atoms with Crippen LogP contribution in [-0.2, 0) is 6.54 Å². The lowest BCUT2D eigenvalue weighted by atomic mass is 10.3. The van der Waals surface area contributed by atoms with Crippen molar-refractivity contribution in [3.8, 4) is 11.5 Å². The Kier molecular flexibility index (Phi) is 6.93. The van der Waals surface area contributed by atoms with Gasteiger partial charge in [-0.15, -0.1) is 11.3 Å². The molecule has 0 aliphatic rings. The Morgan fingerprint density at radius 3 is 2.42 bits per heavy atom. The molecule has 24 heavy (non-hydrogen) atoms. The minimum absolute atomic E-state index is 0.0147. The number of aliphatic imine (C=N–C) groups is 1. The first-order chi connectivity index (χ1) is 11.6. The second-order valence-corrected chi connectivity index (χ2v) is 6.80. The second kappa shape index (κ2) is 9.17. The van der Waals surface area contributed by atoms with E-state index in [0.29, 0.717) is 6.54 Å². The van der Waals surface area contributed by atoms with Gasteiger partial charge >= 0.3 is 0 Å². The van der Waals surface area contributed by atoms with Crippen LogP contribution < -0.4 is 20.1 Å². The Hall–Kier alpha value is -2.21. The zero-order valence-electron chi connectivity index (χ0n) is 14.6. The number of nitrogens with one attached hydrogen (secondary N) is 2. The molecule has 1 unspecified atom stereocenters. The average Bonchev–Trinajstić information content (AvgIpc) is 3.01. The second-order valence-electron chi connectivity index (χ2n) is 5.42. The van der Waals surface area contributed by atoms with Crippen LogP contribution in [0.25, 0.3) is 0 Å². The first-order valence-corrected chi connectivity index (χ1v) is 8.73. The fourth-order valence-electron chi connectivity index (χ4n) is 2.14. The van der Waals surface area contributed by atoms with E-state index in [-0.39, 0.29) is 6.10 Å². The predicted octanol–water partition coefficient (Wildman–Crippen LogP) is 3.20. The molecule has 2 N–H and O–H groups in total. The van der Waals surface area contributed by atoms with Crippen molar-refractivity contribution in [3.63, 3.8) is 0 Å². The Balaban J connectivity index is 1.75. The summed E-state index contributed by atoms with van der Waals surface area (Å²) in [6, 6.07) is 11.8. The van der Waals surface area contributed by atoms with Crippen LogP contribution in [0.5, 0.6) is 11.5 Å². The Morgan fingerprint density at radius 2 is 1.83 bits per heavy atom. The van der Waals surface area contributed by atoms with Gasteiger partial charge in [0.15, 0.2) is 5.96 Å². The van der Waals surface area contributed by atoms with E-state index in [9.17, 15) is 0 Å². The van der Waals surface area contributed by atoms with Crippen LogP contribution >= 0.6 is 11.3 Å². The van der Waals surface area contributed by atoms with Crippen LogP contribution in [0.4, 0.5) is 0 Å². The van der Waals surface area contributed by atoms with Gasteiger partial charge in [0.2, 0.25) is 0 Å². The molecule has 1 aromatic heterocycles. The van der Waals surface area contributed by atoms with Crippen molar-refractivity contribution >= 4 is 17.3 Å². The summed E-state index contributed by atoms with van der Waals surface area (Å²) in [5.41, 5.74) is 0. The minimum Gasteiger partial charge on any atom is -0.497 e. The third-order valence-corrected chi connectivity index (χ3v) is 4.40. The van der Waals surface area contributed by atoms with Gasteiger partial charge in [-0.25, -0.2) is 0 Å². The van der Waals surface area contributed by atoms with E-state index >= 15 is 0 Å². The topological polar surface area (TPSA) is 54.9 Å². The number of thiophene rings is 1. The lowest BCUT2D eigenvalue weighted by molar-refractivity contribution is 0.223. The third-order valence-electron chi connectivity index (χ3n) is 3.40. The molecule has 0 saturated carbocycles. The largest absolute Gasteiger partial charge is 0.497 e. The molecular weight excluding hydrogens is 322 g/mol. The first-order valence-electron chi connectivity index (χ1n) is 7.91. The number of ether oxygens (including phenoxy) is 2. The molecule has 1 heterocycles. The van der Waals surface area contributed by atoms with Gasteiger partial charge in [0.05, 0.1) is 20.2 Å². The van der Waals surface area contributed by atoms with E-state index in [1.807, 2.05) is 31.2 Å². The van der Waals surface area contributed by atoms with Crippen LogP contribution in [0.1, 0.15) is 16.7 Å². The van der Waals surface area contributed by atoms with E-state index in [0.717, 1.165) is 24.0 Å². The summed E-state index contributed by atoms with van der Waals surface area (Å²) < 4.78 is 11.0. The molecule has 1 atom stereocenters. The number of aryl methyl sites for hydroxylation is 1. The molecule has 2 rings (SSSR count). The fourth-order valence-corrected chi connectivity index (χ4v) is 2.97. The highest BCUT2D eigenvalue weighted by Gasteiger charge is 2.06. The molecule has 0 fully saturated rings. The van der Waals surface area contributed by atoms with E-state index in [4.69, 9.17) is 9.47 Å². The Labute approximate surface area is 147 Å². The molecule has 0 saturated heterocycles. The molecule has 6 heteroatoms. The van der Waals surface area contributed by atoms with Gasteiger partial charge in [0, 0.05) is 16.8 Å². The summed E-state index contributed by atoms with van der Waals surface area (Å²) in [6.07, 6.45) is 0.0147. The van der Waals surface area contributed by atoms with Crippen molar-refractivity contribution in [3.05, 3.63) is 46.2 Å². The maximum atomic E-state index is 5.88. The number of nitrogens with zero attached hydrogens (tertiary/aromatic N) is 1. The number of guanidine groups is 1. The monoisotopic (exact) mass is 347 g/mol. The van der Waals surface area contributed by atoms with Crippen LogP contribution in [0.3, 0.4) is 0 Å². The van der Waals surface area contributed by atoms with Crippen molar-refractivity contribution in [2.45, 2.75) is 26.5 Å². The van der Waals surface area contributed by atoms with E-state index in [2.05, 4.69) is 34.7 Å². The van der Waals surface area contributed by atoms with Gasteiger partial charge in [0.25, 0.3) is 0 Å². The molecule has 1 aromatic carbocycles. The summed E-state index contributed by atoms with van der Waals surface area (Å²) in [5.74, 6) is 2.41. The van der Waals surface area contributed by atoms with Gasteiger partial charge in [0.1, 0.15) is 17.6 Å². The van der Waals surface area contributed by atoms with Gasteiger partial charge in [-0.05, 0) is 50.2 Å². The lowest BCUT2D eigenvalue weighted by Gasteiger charge is -2.17. The van der Waals surface area contributed by atoms with Crippen LogP contribution in [0, 0.1) is 6.92 Å². The normalized spacial score (nSPS) is 12.6. The quantitative estimate of drug-likeness (QED) is 0.597. The standard InChI is InChI=1S/C18H25N3O2S/c1-13(23-16-8-6-15(22-4)7-9-16)11-20-18(19-3)21-12-17-10-5-14(2)24-17/h5-10,13H,11-12H2,1-4H3,(H2,19,20,21). The molecule has 0 amide bonds. The molecule has 0 spiro atoms. The maximum Gasteiger partial charge on any atom is 0.191 e. The SMILES string of the molecule is CN=C(NCc1ccc(C)s1)NCC(C)Oc1ccc(OC)cc1. The zero-order valence-corrected chi connectivity index (χ0v) is 15.4. The molecule has 0 aliphatic heterocycles. The first kappa shape index (κ1) is 18.1. The van der Waals surface area contributed by atoms with Crippen LogP contribution in [0.2, 0.25) is 0 Å². The molecule has 0 aliphatic carbocycles. The maximum absolute atomic E-state index is 5.88. The van der Waals surface area contributed by atoms with Gasteiger partial charge < -0.3 is 20.1 Å². The predicted molar refractivity (Wildman–Crippen MR) is 100 cm³/mol. The molecule has 2 aromatic rings. The van der Waals surface area contributed by atoms with Crippen molar-refractivity contribution in [1.29, 1.82) is 0 Å². The summed E-state index contributed by atoms with van der Waals surface area (Å²) >= 11 is 1.79. The molecule has 0 bridgehead atoms. The zero-order chi connectivity index (χ0) is 17.4. The molecular formula is C18H25N3O2S. The van der Waals surface area contributed by atoms with E-state index in [1.54, 1.807) is 25.5 Å². The number of benzene rings is 1. The highest BCUT2D eigenvalue weighted by Crippen LogP contribution is 2.18. The fraction of sp³-hybridized carbons (Fsp3) is 0.389. The van der Waals surface area contributed by atoms with Gasteiger partial charge in [-0.3, -0.25) is 4.99 Å². The third kappa shape index (κ3) is 5.77. The number of methoxy groups -OCH3 is 1. The highest BCUT2D eigenvalue weighted by molar-refractivity contribution is 7.11. The summed E-state index contributed by atoms with van der Waals surface area (Å²) in [5, 5.41) is 6.59. The average molecular weight is 347 g/mol. The molecule has 130 valence electrons. The Bertz CT molecular complexity index is 653. The molecule has 5 nitrogen and oxygen atoms in total. The van der Waals surface area contributed by atoms with Crippen molar-refractivity contribution < 1.29 is 9.47 Å². The Morgan fingerprint density at radius 1 is 1.12 bits per heavy atom. The lowest BCUT2D eigenvalue weighted by Crippen LogP contribution is -2.41. The van der Waals surface area contributed by atoms with Crippen molar-refractivity contribution in [2.24, 2.45) is 4.99 Å². The van der Waals surface area contributed by atoms with Crippen LogP contribution in [-0.4, -0.2) is 32.8 Å². The van der Waals surface area contributed by atoms with Gasteiger partial charge in [-0.2, -0.15) is 0 Å². The minimum atomic E-state index is 0.0147. The number of hydrogen-bond donors (Lipinski definition) is 2.